The lowest BCUT2D eigenvalue weighted by atomic mass is 10.1. The fourth-order valence-electron chi connectivity index (χ4n) is 3.18. The molecule has 2 aliphatic rings. The Bertz CT molecular complexity index is 881. The molecule has 2 aromatic rings. The van der Waals surface area contributed by atoms with Crippen molar-refractivity contribution in [1.29, 1.82) is 0 Å². The summed E-state index contributed by atoms with van der Waals surface area (Å²) in [5.74, 6) is 0.293. The number of aromatic nitrogens is 4. The largest absolute Gasteiger partial charge is 0.458 e. The summed E-state index contributed by atoms with van der Waals surface area (Å²) in [6.07, 6.45) is 8.04. The Morgan fingerprint density at radius 3 is 2.70 bits per heavy atom. The third kappa shape index (κ3) is 4.44. The molecule has 4 rings (SSSR count). The number of rotatable bonds is 5. The molecule has 1 unspecified atom stereocenters. The molecule has 0 spiro atoms. The van der Waals surface area contributed by atoms with Crippen LogP contribution in [0.15, 0.2) is 29.6 Å². The quantitative estimate of drug-likeness (QED) is 0.772. The average molecular weight is 390 g/mol. The molecule has 9 heteroatoms. The van der Waals surface area contributed by atoms with Crippen molar-refractivity contribution in [2.24, 2.45) is 0 Å². The average Bonchev–Trinajstić information content (AvgIpc) is 3.51. The van der Waals surface area contributed by atoms with Gasteiger partial charge in [0.25, 0.3) is 5.56 Å². The van der Waals surface area contributed by atoms with E-state index >= 15 is 0 Å². The van der Waals surface area contributed by atoms with Gasteiger partial charge in [-0.05, 0) is 25.7 Å². The van der Waals surface area contributed by atoms with E-state index < -0.39 is 0 Å². The Hall–Kier alpha value is -2.48. The molecule has 0 N–H and O–H groups in total. The number of nitrogens with zero attached hydrogens (tertiary/aromatic N) is 5. The number of piperidine rings is 1. The topological polar surface area (TPSA) is 90.2 Å². The van der Waals surface area contributed by atoms with Gasteiger partial charge in [0.2, 0.25) is 5.91 Å². The summed E-state index contributed by atoms with van der Waals surface area (Å²) in [4.78, 5) is 38.9. The number of halogens is 1. The Kier molecular flexibility index (Phi) is 5.07. The highest BCUT2D eigenvalue weighted by Crippen LogP contribution is 2.38. The van der Waals surface area contributed by atoms with Crippen molar-refractivity contribution in [3.8, 4) is 6.01 Å². The van der Waals surface area contributed by atoms with Crippen LogP contribution < -0.4 is 10.3 Å². The lowest BCUT2D eigenvalue weighted by Crippen LogP contribution is -2.46. The van der Waals surface area contributed by atoms with Gasteiger partial charge >= 0.3 is 6.01 Å². The number of hydrogen-bond donors (Lipinski definition) is 0. The summed E-state index contributed by atoms with van der Waals surface area (Å²) in [6, 6.07) is 1.79. The molecular weight excluding hydrogens is 370 g/mol. The van der Waals surface area contributed by atoms with Crippen molar-refractivity contribution in [3.05, 3.63) is 45.9 Å². The maximum atomic E-state index is 12.6. The molecule has 2 fully saturated rings. The first-order valence-corrected chi connectivity index (χ1v) is 9.44. The van der Waals surface area contributed by atoms with Crippen molar-refractivity contribution in [1.82, 2.24) is 24.4 Å². The van der Waals surface area contributed by atoms with E-state index in [0.717, 1.165) is 31.4 Å². The van der Waals surface area contributed by atoms with Gasteiger partial charge in [-0.15, -0.1) is 0 Å². The van der Waals surface area contributed by atoms with Crippen LogP contribution in [-0.4, -0.2) is 49.5 Å². The smallest absolute Gasteiger partial charge is 0.316 e. The monoisotopic (exact) mass is 389 g/mol. The molecule has 1 aliphatic heterocycles. The van der Waals surface area contributed by atoms with Gasteiger partial charge < -0.3 is 9.64 Å². The van der Waals surface area contributed by atoms with Crippen LogP contribution >= 0.6 is 11.6 Å². The molecule has 0 radical (unpaired) electrons. The second kappa shape index (κ2) is 7.64. The molecule has 1 amide bonds. The number of carbonyl (C=O) groups is 1. The van der Waals surface area contributed by atoms with Crippen molar-refractivity contribution >= 4 is 17.5 Å². The second-order valence-electron chi connectivity index (χ2n) is 6.96. The van der Waals surface area contributed by atoms with Crippen LogP contribution in [0.25, 0.3) is 0 Å². The molecule has 2 aromatic heterocycles. The molecule has 1 atom stereocenters. The first-order valence-electron chi connectivity index (χ1n) is 9.07. The van der Waals surface area contributed by atoms with E-state index in [1.807, 2.05) is 0 Å². The van der Waals surface area contributed by atoms with Crippen LogP contribution in [0.2, 0.25) is 5.02 Å². The number of likely N-dealkylation sites (tertiary alicyclic amines) is 1. The van der Waals surface area contributed by atoms with E-state index in [1.165, 1.54) is 23.3 Å². The van der Waals surface area contributed by atoms with Crippen LogP contribution in [-0.2, 0) is 11.3 Å². The number of ether oxygens (including phenoxy) is 1. The molecular formula is C18H20ClN5O3. The standard InChI is InChI=1S/C18H20ClN5O3/c19-13-7-20-18(21-8-13)27-14-2-1-5-23(9-14)17(26)10-24-11-22-15(6-16(24)25)12-3-4-12/h6-8,11-12,14H,1-5,9-10H2. The summed E-state index contributed by atoms with van der Waals surface area (Å²) in [5.41, 5.74) is 0.651. The molecule has 27 heavy (non-hydrogen) atoms. The van der Waals surface area contributed by atoms with Crippen LogP contribution in [0.5, 0.6) is 6.01 Å². The van der Waals surface area contributed by atoms with Crippen molar-refractivity contribution in [3.63, 3.8) is 0 Å². The third-order valence-electron chi connectivity index (χ3n) is 4.80. The minimum atomic E-state index is -0.184. The van der Waals surface area contributed by atoms with Gasteiger partial charge in [-0.3, -0.25) is 14.2 Å². The normalized spacial score (nSPS) is 19.7. The van der Waals surface area contributed by atoms with Gasteiger partial charge in [0.05, 0.1) is 36.0 Å². The summed E-state index contributed by atoms with van der Waals surface area (Å²) in [5, 5.41) is 0.439. The predicted molar refractivity (Wildman–Crippen MR) is 97.7 cm³/mol. The Balaban J connectivity index is 1.36. The SMILES string of the molecule is O=C(Cn1cnc(C2CC2)cc1=O)N1CCCC(Oc2ncc(Cl)cn2)C1. The first-order chi connectivity index (χ1) is 13.1. The summed E-state index contributed by atoms with van der Waals surface area (Å²) in [7, 11) is 0. The second-order valence-corrected chi connectivity index (χ2v) is 7.40. The molecule has 1 aliphatic carbocycles. The third-order valence-corrected chi connectivity index (χ3v) is 5.00. The lowest BCUT2D eigenvalue weighted by molar-refractivity contribution is -0.134. The summed E-state index contributed by atoms with van der Waals surface area (Å²) < 4.78 is 7.12. The van der Waals surface area contributed by atoms with Crippen LogP contribution in [0.3, 0.4) is 0 Å². The zero-order chi connectivity index (χ0) is 18.8. The van der Waals surface area contributed by atoms with Gasteiger partial charge in [0, 0.05) is 18.5 Å². The number of amides is 1. The van der Waals surface area contributed by atoms with E-state index in [-0.39, 0.29) is 30.1 Å². The molecule has 3 heterocycles. The molecule has 1 saturated carbocycles. The number of carbonyl (C=O) groups excluding carboxylic acids is 1. The van der Waals surface area contributed by atoms with E-state index in [0.29, 0.717) is 24.0 Å². The molecule has 8 nitrogen and oxygen atoms in total. The Labute approximate surface area is 161 Å². The predicted octanol–water partition coefficient (Wildman–Crippen LogP) is 1.63. The summed E-state index contributed by atoms with van der Waals surface area (Å²) in [6.45, 7) is 1.07. The zero-order valence-corrected chi connectivity index (χ0v) is 15.5. The highest BCUT2D eigenvalue weighted by atomic mass is 35.5. The summed E-state index contributed by atoms with van der Waals surface area (Å²) >= 11 is 5.77. The van der Waals surface area contributed by atoms with E-state index in [2.05, 4.69) is 15.0 Å². The van der Waals surface area contributed by atoms with E-state index in [4.69, 9.17) is 16.3 Å². The van der Waals surface area contributed by atoms with Crippen LogP contribution in [0, 0.1) is 0 Å². The maximum Gasteiger partial charge on any atom is 0.316 e. The fraction of sp³-hybridized carbons (Fsp3) is 0.500. The number of hydrogen-bond acceptors (Lipinski definition) is 6. The van der Waals surface area contributed by atoms with Crippen molar-refractivity contribution < 1.29 is 9.53 Å². The van der Waals surface area contributed by atoms with Gasteiger partial charge in [-0.2, -0.15) is 0 Å². The van der Waals surface area contributed by atoms with E-state index in [9.17, 15) is 9.59 Å². The van der Waals surface area contributed by atoms with Gasteiger partial charge in [0.15, 0.2) is 0 Å². The van der Waals surface area contributed by atoms with Gasteiger partial charge in [-0.1, -0.05) is 11.6 Å². The van der Waals surface area contributed by atoms with E-state index in [1.54, 1.807) is 11.0 Å². The minimum absolute atomic E-state index is 0.0130. The highest BCUT2D eigenvalue weighted by Gasteiger charge is 2.27. The van der Waals surface area contributed by atoms with Crippen LogP contribution in [0.4, 0.5) is 0 Å². The molecule has 142 valence electrons. The van der Waals surface area contributed by atoms with Crippen molar-refractivity contribution in [2.75, 3.05) is 13.1 Å². The fourth-order valence-corrected chi connectivity index (χ4v) is 3.28. The highest BCUT2D eigenvalue weighted by molar-refractivity contribution is 6.30. The van der Waals surface area contributed by atoms with Crippen molar-refractivity contribution in [2.45, 2.75) is 44.2 Å². The molecule has 0 aromatic carbocycles. The van der Waals surface area contributed by atoms with Gasteiger partial charge in [-0.25, -0.2) is 15.0 Å². The van der Waals surface area contributed by atoms with Gasteiger partial charge in [0.1, 0.15) is 12.6 Å². The molecule has 0 bridgehead atoms. The first kappa shape index (κ1) is 17.9. The molecule has 1 saturated heterocycles. The zero-order valence-electron chi connectivity index (χ0n) is 14.8. The van der Waals surface area contributed by atoms with Crippen LogP contribution in [0.1, 0.15) is 37.3 Å². The Morgan fingerprint density at radius 2 is 2.00 bits per heavy atom. The maximum absolute atomic E-state index is 12.6. The lowest BCUT2D eigenvalue weighted by Gasteiger charge is -2.32. The minimum Gasteiger partial charge on any atom is -0.458 e. The Morgan fingerprint density at radius 1 is 1.22 bits per heavy atom.